The average Bonchev–Trinajstić information content (AvgIpc) is 2.88. The van der Waals surface area contributed by atoms with Crippen molar-refractivity contribution in [3.63, 3.8) is 0 Å². The fraction of sp³-hybridized carbons (Fsp3) is 0.118. The predicted molar refractivity (Wildman–Crippen MR) is 87.3 cm³/mol. The zero-order chi connectivity index (χ0) is 16.4. The zero-order valence-electron chi connectivity index (χ0n) is 12.6. The Bertz CT molecular complexity index is 914. The molecule has 118 valence electrons. The van der Waals surface area contributed by atoms with Crippen molar-refractivity contribution in [1.29, 1.82) is 0 Å². The monoisotopic (exact) mass is 328 g/mol. The lowest BCUT2D eigenvalue weighted by atomic mass is 10.00. The summed E-state index contributed by atoms with van der Waals surface area (Å²) in [5.41, 5.74) is 3.68. The molecule has 5 nitrogen and oxygen atoms in total. The van der Waals surface area contributed by atoms with E-state index in [2.05, 4.69) is 5.16 Å². The first-order valence-corrected chi connectivity index (χ1v) is 8.62. The van der Waals surface area contributed by atoms with Crippen LogP contribution in [0.5, 0.6) is 0 Å². The SMILES string of the molecule is Cc1onc(Cc2ccccc2)c1-c1ccc(S(N)(=O)=O)cc1. The van der Waals surface area contributed by atoms with E-state index in [0.29, 0.717) is 12.2 Å². The lowest BCUT2D eigenvalue weighted by molar-refractivity contribution is 0.392. The van der Waals surface area contributed by atoms with E-state index in [9.17, 15) is 8.42 Å². The van der Waals surface area contributed by atoms with Crippen LogP contribution in [0.1, 0.15) is 17.0 Å². The molecule has 0 atom stereocenters. The lowest BCUT2D eigenvalue weighted by Crippen LogP contribution is -2.11. The largest absolute Gasteiger partial charge is 0.361 e. The maximum Gasteiger partial charge on any atom is 0.238 e. The molecule has 3 aromatic rings. The van der Waals surface area contributed by atoms with Gasteiger partial charge in [0.15, 0.2) is 0 Å². The number of nitrogens with zero attached hydrogens (tertiary/aromatic N) is 1. The van der Waals surface area contributed by atoms with Crippen LogP contribution in [0, 0.1) is 6.92 Å². The highest BCUT2D eigenvalue weighted by Crippen LogP contribution is 2.29. The highest BCUT2D eigenvalue weighted by Gasteiger charge is 2.16. The van der Waals surface area contributed by atoms with Crippen molar-refractivity contribution in [1.82, 2.24) is 5.16 Å². The molecule has 0 saturated heterocycles. The molecule has 0 amide bonds. The quantitative estimate of drug-likeness (QED) is 0.798. The molecule has 0 spiro atoms. The van der Waals surface area contributed by atoms with E-state index < -0.39 is 10.0 Å². The van der Waals surface area contributed by atoms with Gasteiger partial charge in [-0.2, -0.15) is 0 Å². The van der Waals surface area contributed by atoms with Crippen molar-refractivity contribution in [3.8, 4) is 11.1 Å². The van der Waals surface area contributed by atoms with E-state index in [0.717, 1.165) is 22.4 Å². The second kappa shape index (κ2) is 5.98. The minimum Gasteiger partial charge on any atom is -0.361 e. The topological polar surface area (TPSA) is 86.2 Å². The standard InChI is InChI=1S/C17H16N2O3S/c1-12-17(14-7-9-15(10-8-14)23(18,20)21)16(19-22-12)11-13-5-3-2-4-6-13/h2-10H,11H2,1H3,(H2,18,20,21). The van der Waals surface area contributed by atoms with Crippen LogP contribution in [0.3, 0.4) is 0 Å². The summed E-state index contributed by atoms with van der Waals surface area (Å²) in [5, 5.41) is 9.27. The van der Waals surface area contributed by atoms with Gasteiger partial charge in [0.25, 0.3) is 0 Å². The second-order valence-electron chi connectivity index (χ2n) is 5.29. The van der Waals surface area contributed by atoms with Gasteiger partial charge in [0.05, 0.1) is 10.6 Å². The second-order valence-corrected chi connectivity index (χ2v) is 6.85. The summed E-state index contributed by atoms with van der Waals surface area (Å²) in [4.78, 5) is 0.0833. The van der Waals surface area contributed by atoms with E-state index in [1.807, 2.05) is 37.3 Å². The zero-order valence-corrected chi connectivity index (χ0v) is 13.4. The summed E-state index contributed by atoms with van der Waals surface area (Å²) in [6.45, 7) is 1.84. The van der Waals surface area contributed by atoms with Gasteiger partial charge in [-0.15, -0.1) is 0 Å². The van der Waals surface area contributed by atoms with Gasteiger partial charge in [-0.1, -0.05) is 47.6 Å². The van der Waals surface area contributed by atoms with Crippen LogP contribution in [0.25, 0.3) is 11.1 Å². The molecule has 0 saturated carbocycles. The van der Waals surface area contributed by atoms with Crippen molar-refractivity contribution >= 4 is 10.0 Å². The smallest absolute Gasteiger partial charge is 0.238 e. The minimum absolute atomic E-state index is 0.0833. The summed E-state index contributed by atoms with van der Waals surface area (Å²) in [6.07, 6.45) is 0.643. The number of aromatic nitrogens is 1. The molecule has 2 aromatic carbocycles. The van der Waals surface area contributed by atoms with Crippen molar-refractivity contribution < 1.29 is 12.9 Å². The summed E-state index contributed by atoms with van der Waals surface area (Å²) in [7, 11) is -3.70. The Balaban J connectivity index is 1.98. The maximum atomic E-state index is 11.4. The van der Waals surface area contributed by atoms with Crippen LogP contribution in [0.4, 0.5) is 0 Å². The van der Waals surface area contributed by atoms with Crippen LogP contribution in [-0.4, -0.2) is 13.6 Å². The normalized spacial score (nSPS) is 11.6. The molecule has 0 aliphatic rings. The maximum absolute atomic E-state index is 11.4. The molecule has 0 aliphatic heterocycles. The van der Waals surface area contributed by atoms with Crippen LogP contribution in [-0.2, 0) is 16.4 Å². The summed E-state index contributed by atoms with van der Waals surface area (Å²) in [6, 6.07) is 16.4. The van der Waals surface area contributed by atoms with Gasteiger partial charge in [-0.25, -0.2) is 13.6 Å². The van der Waals surface area contributed by atoms with Crippen molar-refractivity contribution in [2.24, 2.45) is 5.14 Å². The Morgan fingerprint density at radius 1 is 1.04 bits per heavy atom. The molecule has 1 aromatic heterocycles. The van der Waals surface area contributed by atoms with E-state index in [1.54, 1.807) is 12.1 Å². The molecular formula is C17H16N2O3S. The number of benzene rings is 2. The first kappa shape index (κ1) is 15.5. The number of primary sulfonamides is 1. The first-order chi connectivity index (χ1) is 10.9. The van der Waals surface area contributed by atoms with E-state index in [4.69, 9.17) is 9.66 Å². The van der Waals surface area contributed by atoms with Crippen molar-refractivity contribution in [2.75, 3.05) is 0 Å². The summed E-state index contributed by atoms with van der Waals surface area (Å²) >= 11 is 0. The van der Waals surface area contributed by atoms with Crippen LogP contribution >= 0.6 is 0 Å². The molecule has 23 heavy (non-hydrogen) atoms. The number of rotatable bonds is 4. The Morgan fingerprint density at radius 2 is 1.70 bits per heavy atom. The van der Waals surface area contributed by atoms with Crippen molar-refractivity contribution in [3.05, 3.63) is 71.6 Å². The Morgan fingerprint density at radius 3 is 2.30 bits per heavy atom. The van der Waals surface area contributed by atoms with Gasteiger partial charge in [0.1, 0.15) is 5.76 Å². The summed E-state index contributed by atoms with van der Waals surface area (Å²) in [5.74, 6) is 0.694. The minimum atomic E-state index is -3.70. The van der Waals surface area contributed by atoms with Crippen LogP contribution < -0.4 is 5.14 Å². The van der Waals surface area contributed by atoms with Gasteiger partial charge in [0.2, 0.25) is 10.0 Å². The number of sulfonamides is 1. The average molecular weight is 328 g/mol. The third kappa shape index (κ3) is 3.33. The molecule has 0 unspecified atom stereocenters. The molecule has 6 heteroatoms. The third-order valence-corrected chi connectivity index (χ3v) is 4.55. The van der Waals surface area contributed by atoms with E-state index in [-0.39, 0.29) is 4.90 Å². The molecule has 3 rings (SSSR count). The Labute approximate surface area is 134 Å². The molecule has 1 heterocycles. The van der Waals surface area contributed by atoms with Gasteiger partial charge >= 0.3 is 0 Å². The molecular weight excluding hydrogens is 312 g/mol. The van der Waals surface area contributed by atoms with Crippen LogP contribution in [0.15, 0.2) is 64.0 Å². The number of nitrogens with two attached hydrogens (primary N) is 1. The van der Waals surface area contributed by atoms with E-state index in [1.165, 1.54) is 12.1 Å². The number of hydrogen-bond acceptors (Lipinski definition) is 4. The highest BCUT2D eigenvalue weighted by atomic mass is 32.2. The molecule has 0 aliphatic carbocycles. The first-order valence-electron chi connectivity index (χ1n) is 7.07. The molecule has 0 bridgehead atoms. The summed E-state index contributed by atoms with van der Waals surface area (Å²) < 4.78 is 28.0. The van der Waals surface area contributed by atoms with Crippen LogP contribution in [0.2, 0.25) is 0 Å². The fourth-order valence-corrected chi connectivity index (χ4v) is 3.02. The predicted octanol–water partition coefficient (Wildman–Crippen LogP) is 2.89. The lowest BCUT2D eigenvalue weighted by Gasteiger charge is -2.05. The highest BCUT2D eigenvalue weighted by molar-refractivity contribution is 7.89. The van der Waals surface area contributed by atoms with Gasteiger partial charge in [0, 0.05) is 12.0 Å². The molecule has 2 N–H and O–H groups in total. The number of aryl methyl sites for hydroxylation is 1. The van der Waals surface area contributed by atoms with E-state index >= 15 is 0 Å². The number of hydrogen-bond donors (Lipinski definition) is 1. The fourth-order valence-electron chi connectivity index (χ4n) is 2.51. The van der Waals surface area contributed by atoms with Gasteiger partial charge in [-0.3, -0.25) is 0 Å². The Hall–Kier alpha value is -2.44. The molecule has 0 radical (unpaired) electrons. The van der Waals surface area contributed by atoms with Gasteiger partial charge < -0.3 is 4.52 Å². The molecule has 0 fully saturated rings. The van der Waals surface area contributed by atoms with Gasteiger partial charge in [-0.05, 0) is 30.2 Å². The third-order valence-electron chi connectivity index (χ3n) is 3.62. The van der Waals surface area contributed by atoms with Crippen molar-refractivity contribution in [2.45, 2.75) is 18.2 Å². The Kier molecular flexibility index (Phi) is 4.02.